The molecule has 0 unspecified atom stereocenters. The molecule has 2 heterocycles. The molecule has 0 atom stereocenters. The quantitative estimate of drug-likeness (QED) is 0.832. The Morgan fingerprint density at radius 1 is 1.05 bits per heavy atom. The van der Waals surface area contributed by atoms with Gasteiger partial charge in [-0.2, -0.15) is 0 Å². The second kappa shape index (κ2) is 6.68. The first-order valence-electron chi connectivity index (χ1n) is 6.56. The highest BCUT2D eigenvalue weighted by atomic mass is 15.1. The summed E-state index contributed by atoms with van der Waals surface area (Å²) < 4.78 is 0. The van der Waals surface area contributed by atoms with Crippen LogP contribution in [-0.4, -0.2) is 21.5 Å². The molecule has 0 saturated carbocycles. The number of aryl methyl sites for hydroxylation is 1. The fourth-order valence-corrected chi connectivity index (χ4v) is 1.86. The summed E-state index contributed by atoms with van der Waals surface area (Å²) in [5.41, 5.74) is 2.32. The Hall–Kier alpha value is -2.17. The number of hydrogen-bond acceptors (Lipinski definition) is 5. The molecule has 5 heteroatoms. The van der Waals surface area contributed by atoms with Crippen molar-refractivity contribution in [3.63, 3.8) is 0 Å². The third kappa shape index (κ3) is 3.64. The average molecular weight is 257 g/mol. The lowest BCUT2D eigenvalue weighted by Crippen LogP contribution is -2.07. The summed E-state index contributed by atoms with van der Waals surface area (Å²) in [6.45, 7) is 5.69. The Morgan fingerprint density at radius 2 is 1.84 bits per heavy atom. The van der Waals surface area contributed by atoms with Crippen LogP contribution in [0.5, 0.6) is 0 Å². The number of pyridine rings is 1. The molecule has 100 valence electrons. The van der Waals surface area contributed by atoms with E-state index in [0.29, 0.717) is 6.54 Å². The van der Waals surface area contributed by atoms with E-state index in [9.17, 15) is 0 Å². The molecule has 0 radical (unpaired) electrons. The molecule has 2 aromatic heterocycles. The lowest BCUT2D eigenvalue weighted by molar-refractivity contribution is 0.961. The summed E-state index contributed by atoms with van der Waals surface area (Å²) in [5.74, 6) is 1.63. The normalized spacial score (nSPS) is 10.2. The molecule has 5 nitrogen and oxygen atoms in total. The van der Waals surface area contributed by atoms with Gasteiger partial charge in [0.25, 0.3) is 0 Å². The van der Waals surface area contributed by atoms with Gasteiger partial charge in [-0.25, -0.2) is 9.97 Å². The third-order valence-electron chi connectivity index (χ3n) is 2.83. The smallest absolute Gasteiger partial charge is 0.131 e. The summed E-state index contributed by atoms with van der Waals surface area (Å²) in [6, 6.07) is 5.97. The molecule has 0 amide bonds. The van der Waals surface area contributed by atoms with Gasteiger partial charge in [0.05, 0.1) is 12.2 Å². The second-order valence-electron chi connectivity index (χ2n) is 4.14. The number of nitrogens with one attached hydrogen (secondary N) is 2. The Balaban J connectivity index is 2.03. The lowest BCUT2D eigenvalue weighted by Gasteiger charge is -2.09. The maximum absolute atomic E-state index is 4.40. The van der Waals surface area contributed by atoms with Crippen LogP contribution in [0.1, 0.15) is 25.1 Å². The molecule has 19 heavy (non-hydrogen) atoms. The van der Waals surface area contributed by atoms with Crippen LogP contribution < -0.4 is 10.6 Å². The first-order valence-corrected chi connectivity index (χ1v) is 6.56. The van der Waals surface area contributed by atoms with E-state index in [2.05, 4.69) is 38.6 Å². The van der Waals surface area contributed by atoms with E-state index in [1.54, 1.807) is 6.33 Å². The van der Waals surface area contributed by atoms with E-state index in [1.807, 2.05) is 25.3 Å². The van der Waals surface area contributed by atoms with Crippen molar-refractivity contribution in [3.8, 4) is 0 Å². The standard InChI is InChI=1S/C14H19N5/c1-3-11-6-5-7-16-12(11)9-17-14-8-13(15-4-2)18-10-19-14/h5-8,10H,3-4,9H2,1-2H3,(H2,15,17,18,19). The van der Waals surface area contributed by atoms with Gasteiger partial charge < -0.3 is 10.6 Å². The van der Waals surface area contributed by atoms with Crippen molar-refractivity contribution in [3.05, 3.63) is 42.0 Å². The highest BCUT2D eigenvalue weighted by Crippen LogP contribution is 2.11. The van der Waals surface area contributed by atoms with E-state index >= 15 is 0 Å². The highest BCUT2D eigenvalue weighted by molar-refractivity contribution is 5.46. The molecular formula is C14H19N5. The van der Waals surface area contributed by atoms with Gasteiger partial charge in [-0.15, -0.1) is 0 Å². The summed E-state index contributed by atoms with van der Waals surface area (Å²) >= 11 is 0. The first kappa shape index (κ1) is 13.3. The van der Waals surface area contributed by atoms with E-state index in [0.717, 1.165) is 30.3 Å². The van der Waals surface area contributed by atoms with E-state index < -0.39 is 0 Å². The molecule has 0 fully saturated rings. The van der Waals surface area contributed by atoms with Crippen LogP contribution in [0.3, 0.4) is 0 Å². The van der Waals surface area contributed by atoms with Crippen molar-refractivity contribution >= 4 is 11.6 Å². The van der Waals surface area contributed by atoms with Gasteiger partial charge in [-0.3, -0.25) is 4.98 Å². The molecule has 0 aromatic carbocycles. The molecule has 0 aliphatic heterocycles. The van der Waals surface area contributed by atoms with Gasteiger partial charge in [0, 0.05) is 18.8 Å². The molecule has 0 spiro atoms. The highest BCUT2D eigenvalue weighted by Gasteiger charge is 2.02. The Kier molecular flexibility index (Phi) is 4.66. The predicted molar refractivity (Wildman–Crippen MR) is 77.1 cm³/mol. The summed E-state index contributed by atoms with van der Waals surface area (Å²) in [6.07, 6.45) is 4.36. The van der Waals surface area contributed by atoms with Crippen molar-refractivity contribution in [2.45, 2.75) is 26.8 Å². The summed E-state index contributed by atoms with van der Waals surface area (Å²) in [5, 5.41) is 6.44. The van der Waals surface area contributed by atoms with Gasteiger partial charge >= 0.3 is 0 Å². The van der Waals surface area contributed by atoms with Crippen molar-refractivity contribution in [1.29, 1.82) is 0 Å². The number of nitrogens with zero attached hydrogens (tertiary/aromatic N) is 3. The Morgan fingerprint density at radius 3 is 2.58 bits per heavy atom. The number of anilines is 2. The molecule has 2 N–H and O–H groups in total. The SMILES string of the molecule is CCNc1cc(NCc2ncccc2CC)ncn1. The van der Waals surface area contributed by atoms with E-state index in [4.69, 9.17) is 0 Å². The van der Waals surface area contributed by atoms with Gasteiger partial charge in [0.1, 0.15) is 18.0 Å². The van der Waals surface area contributed by atoms with Crippen LogP contribution in [-0.2, 0) is 13.0 Å². The zero-order chi connectivity index (χ0) is 13.5. The zero-order valence-corrected chi connectivity index (χ0v) is 11.3. The Labute approximate surface area is 113 Å². The van der Waals surface area contributed by atoms with E-state index in [-0.39, 0.29) is 0 Å². The van der Waals surface area contributed by atoms with Crippen molar-refractivity contribution in [1.82, 2.24) is 15.0 Å². The maximum Gasteiger partial charge on any atom is 0.131 e. The monoisotopic (exact) mass is 257 g/mol. The van der Waals surface area contributed by atoms with Crippen LogP contribution in [0.15, 0.2) is 30.7 Å². The van der Waals surface area contributed by atoms with Gasteiger partial charge in [0.15, 0.2) is 0 Å². The molecule has 2 rings (SSSR count). The van der Waals surface area contributed by atoms with Crippen LogP contribution in [0.2, 0.25) is 0 Å². The molecule has 0 bridgehead atoms. The fourth-order valence-electron chi connectivity index (χ4n) is 1.86. The van der Waals surface area contributed by atoms with Crippen LogP contribution in [0.4, 0.5) is 11.6 Å². The summed E-state index contributed by atoms with van der Waals surface area (Å²) in [7, 11) is 0. The van der Waals surface area contributed by atoms with Gasteiger partial charge in [-0.1, -0.05) is 13.0 Å². The minimum absolute atomic E-state index is 0.673. The number of rotatable bonds is 6. The minimum Gasteiger partial charge on any atom is -0.370 e. The van der Waals surface area contributed by atoms with Crippen LogP contribution in [0.25, 0.3) is 0 Å². The largest absolute Gasteiger partial charge is 0.370 e. The topological polar surface area (TPSA) is 62.7 Å². The average Bonchev–Trinajstić information content (AvgIpc) is 2.46. The maximum atomic E-state index is 4.40. The van der Waals surface area contributed by atoms with Crippen LogP contribution >= 0.6 is 0 Å². The van der Waals surface area contributed by atoms with Crippen molar-refractivity contribution in [2.75, 3.05) is 17.2 Å². The Bertz CT molecular complexity index is 527. The molecule has 2 aromatic rings. The van der Waals surface area contributed by atoms with Crippen LogP contribution in [0, 0.1) is 0 Å². The van der Waals surface area contributed by atoms with Crippen molar-refractivity contribution in [2.24, 2.45) is 0 Å². The number of aromatic nitrogens is 3. The fraction of sp³-hybridized carbons (Fsp3) is 0.357. The van der Waals surface area contributed by atoms with E-state index in [1.165, 1.54) is 5.56 Å². The lowest BCUT2D eigenvalue weighted by atomic mass is 10.1. The predicted octanol–water partition coefficient (Wildman–Crippen LogP) is 2.48. The van der Waals surface area contributed by atoms with Crippen molar-refractivity contribution < 1.29 is 0 Å². The minimum atomic E-state index is 0.673. The molecular weight excluding hydrogens is 238 g/mol. The molecule has 0 aliphatic carbocycles. The van der Waals surface area contributed by atoms with Gasteiger partial charge in [-0.05, 0) is 25.0 Å². The molecule has 0 saturated heterocycles. The number of hydrogen-bond donors (Lipinski definition) is 2. The first-order chi connectivity index (χ1) is 9.33. The van der Waals surface area contributed by atoms with Gasteiger partial charge in [0.2, 0.25) is 0 Å². The summed E-state index contributed by atoms with van der Waals surface area (Å²) in [4.78, 5) is 12.7. The third-order valence-corrected chi connectivity index (χ3v) is 2.83. The second-order valence-corrected chi connectivity index (χ2v) is 4.14. The zero-order valence-electron chi connectivity index (χ0n) is 11.3. The molecule has 0 aliphatic rings.